The van der Waals surface area contributed by atoms with Gasteiger partial charge in [0.2, 0.25) is 5.91 Å². The fourth-order valence-corrected chi connectivity index (χ4v) is 2.96. The van der Waals surface area contributed by atoms with Crippen LogP contribution in [-0.4, -0.2) is 47.6 Å². The van der Waals surface area contributed by atoms with Crippen LogP contribution in [0.4, 0.5) is 0 Å². The number of hydrogen-bond donors (Lipinski definition) is 2. The molecule has 2 N–H and O–H groups in total. The number of nitrogens with one attached hydrogen (secondary N) is 1. The third kappa shape index (κ3) is 4.09. The van der Waals surface area contributed by atoms with Crippen LogP contribution in [0.2, 0.25) is 10.0 Å². The number of rotatable bonds is 5. The highest BCUT2D eigenvalue weighted by atomic mass is 35.5. The average molecular weight is 331 g/mol. The Labute approximate surface area is 132 Å². The van der Waals surface area contributed by atoms with E-state index in [-0.39, 0.29) is 24.9 Å². The van der Waals surface area contributed by atoms with Crippen LogP contribution in [0.15, 0.2) is 18.2 Å². The van der Waals surface area contributed by atoms with Crippen LogP contribution in [-0.2, 0) is 16.0 Å². The van der Waals surface area contributed by atoms with Crippen molar-refractivity contribution in [2.75, 3.05) is 19.6 Å². The number of aliphatic carboxylic acids is 1. The first-order valence-corrected chi connectivity index (χ1v) is 7.39. The summed E-state index contributed by atoms with van der Waals surface area (Å²) in [4.78, 5) is 24.8. The molecule has 1 amide bonds. The number of amides is 1. The molecule has 1 aliphatic heterocycles. The van der Waals surface area contributed by atoms with E-state index < -0.39 is 5.97 Å². The molecule has 0 radical (unpaired) electrons. The summed E-state index contributed by atoms with van der Waals surface area (Å²) in [5.74, 6) is -1.30. The molecule has 1 atom stereocenters. The van der Waals surface area contributed by atoms with Crippen molar-refractivity contribution in [3.8, 4) is 0 Å². The highest BCUT2D eigenvalue weighted by Gasteiger charge is 2.28. The van der Waals surface area contributed by atoms with Crippen LogP contribution in [0.25, 0.3) is 0 Å². The maximum absolute atomic E-state index is 12.5. The zero-order valence-corrected chi connectivity index (χ0v) is 12.8. The van der Waals surface area contributed by atoms with E-state index in [1.807, 2.05) is 0 Å². The number of carboxylic acids is 1. The zero-order valence-electron chi connectivity index (χ0n) is 11.3. The minimum absolute atomic E-state index is 0.00227. The number of carbonyl (C=O) groups is 2. The SMILES string of the molecule is O=C(O)CN(C(=O)Cc1c(Cl)cccc1Cl)C1CCNC1. The Balaban J connectivity index is 2.16. The maximum Gasteiger partial charge on any atom is 0.323 e. The fourth-order valence-electron chi connectivity index (χ4n) is 2.43. The van der Waals surface area contributed by atoms with Gasteiger partial charge >= 0.3 is 5.97 Å². The molecule has 1 aromatic rings. The van der Waals surface area contributed by atoms with E-state index in [2.05, 4.69) is 5.32 Å². The lowest BCUT2D eigenvalue weighted by Gasteiger charge is -2.27. The van der Waals surface area contributed by atoms with Crippen molar-refractivity contribution in [3.63, 3.8) is 0 Å². The second-order valence-electron chi connectivity index (χ2n) is 4.94. The molecule has 21 heavy (non-hydrogen) atoms. The summed E-state index contributed by atoms with van der Waals surface area (Å²) in [5.41, 5.74) is 0.534. The normalized spacial score (nSPS) is 17.7. The minimum Gasteiger partial charge on any atom is -0.480 e. The van der Waals surface area contributed by atoms with Crippen LogP contribution in [0.3, 0.4) is 0 Å². The van der Waals surface area contributed by atoms with E-state index in [0.717, 1.165) is 13.0 Å². The van der Waals surface area contributed by atoms with Gasteiger partial charge in [-0.1, -0.05) is 29.3 Å². The lowest BCUT2D eigenvalue weighted by molar-refractivity contribution is -0.145. The third-order valence-corrected chi connectivity index (χ3v) is 4.20. The Morgan fingerprint density at radius 3 is 2.52 bits per heavy atom. The summed E-state index contributed by atoms with van der Waals surface area (Å²) in [6.07, 6.45) is 0.748. The molecule has 0 aliphatic carbocycles. The molecular weight excluding hydrogens is 315 g/mol. The van der Waals surface area contributed by atoms with Crippen LogP contribution < -0.4 is 5.32 Å². The highest BCUT2D eigenvalue weighted by molar-refractivity contribution is 6.36. The number of hydrogen-bond acceptors (Lipinski definition) is 3. The van der Waals surface area contributed by atoms with Gasteiger partial charge < -0.3 is 15.3 Å². The van der Waals surface area contributed by atoms with Crippen LogP contribution >= 0.6 is 23.2 Å². The molecule has 0 spiro atoms. The van der Waals surface area contributed by atoms with Gasteiger partial charge in [-0.15, -0.1) is 0 Å². The molecule has 0 saturated carbocycles. The molecule has 1 fully saturated rings. The van der Waals surface area contributed by atoms with Gasteiger partial charge in [0.15, 0.2) is 0 Å². The summed E-state index contributed by atoms with van der Waals surface area (Å²) in [6, 6.07) is 4.92. The minimum atomic E-state index is -1.03. The van der Waals surface area contributed by atoms with Crippen molar-refractivity contribution in [1.82, 2.24) is 10.2 Å². The first kappa shape index (κ1) is 16.1. The summed E-state index contributed by atoms with van der Waals surface area (Å²) in [7, 11) is 0. The maximum atomic E-state index is 12.5. The van der Waals surface area contributed by atoms with E-state index in [1.54, 1.807) is 18.2 Å². The second kappa shape index (κ2) is 7.11. The van der Waals surface area contributed by atoms with Crippen molar-refractivity contribution in [2.45, 2.75) is 18.9 Å². The van der Waals surface area contributed by atoms with Gasteiger partial charge in [-0.3, -0.25) is 9.59 Å². The summed E-state index contributed by atoms with van der Waals surface area (Å²) >= 11 is 12.1. The van der Waals surface area contributed by atoms with E-state index in [0.29, 0.717) is 22.2 Å². The van der Waals surface area contributed by atoms with E-state index in [1.165, 1.54) is 4.90 Å². The van der Waals surface area contributed by atoms with Crippen molar-refractivity contribution < 1.29 is 14.7 Å². The summed E-state index contributed by atoms with van der Waals surface area (Å²) < 4.78 is 0. The van der Waals surface area contributed by atoms with Gasteiger partial charge in [-0.25, -0.2) is 0 Å². The number of halogens is 2. The molecule has 7 heteroatoms. The highest BCUT2D eigenvalue weighted by Crippen LogP contribution is 2.25. The van der Waals surface area contributed by atoms with Crippen molar-refractivity contribution in [3.05, 3.63) is 33.8 Å². The zero-order chi connectivity index (χ0) is 15.4. The molecule has 1 aliphatic rings. The largest absolute Gasteiger partial charge is 0.480 e. The molecule has 1 saturated heterocycles. The summed E-state index contributed by atoms with van der Waals surface area (Å²) in [6.45, 7) is 1.07. The fraction of sp³-hybridized carbons (Fsp3) is 0.429. The molecule has 0 aromatic heterocycles. The molecule has 114 valence electrons. The van der Waals surface area contributed by atoms with Gasteiger partial charge in [-0.2, -0.15) is 0 Å². The average Bonchev–Trinajstić information content (AvgIpc) is 2.93. The number of benzene rings is 1. The lowest BCUT2D eigenvalue weighted by atomic mass is 10.1. The molecule has 1 unspecified atom stereocenters. The lowest BCUT2D eigenvalue weighted by Crippen LogP contribution is -2.45. The Morgan fingerprint density at radius 1 is 1.33 bits per heavy atom. The Hall–Kier alpha value is -1.30. The Bertz CT molecular complexity index is 525. The standard InChI is InChI=1S/C14H16Cl2N2O3/c15-11-2-1-3-12(16)10(11)6-13(19)18(8-14(20)21)9-4-5-17-7-9/h1-3,9,17H,4-8H2,(H,20,21). The quantitative estimate of drug-likeness (QED) is 0.863. The topological polar surface area (TPSA) is 69.6 Å². The molecule has 1 heterocycles. The van der Waals surface area contributed by atoms with Gasteiger partial charge in [-0.05, 0) is 30.7 Å². The van der Waals surface area contributed by atoms with Crippen LogP contribution in [0.5, 0.6) is 0 Å². The van der Waals surface area contributed by atoms with Gasteiger partial charge in [0.1, 0.15) is 6.54 Å². The van der Waals surface area contributed by atoms with E-state index in [4.69, 9.17) is 28.3 Å². The molecular formula is C14H16Cl2N2O3. The van der Waals surface area contributed by atoms with Crippen molar-refractivity contribution in [1.29, 1.82) is 0 Å². The van der Waals surface area contributed by atoms with E-state index >= 15 is 0 Å². The van der Waals surface area contributed by atoms with Gasteiger partial charge in [0.05, 0.1) is 6.42 Å². The predicted octanol–water partition coefficient (Wildman–Crippen LogP) is 1.81. The summed E-state index contributed by atoms with van der Waals surface area (Å²) in [5, 5.41) is 13.0. The number of nitrogens with zero attached hydrogens (tertiary/aromatic N) is 1. The van der Waals surface area contributed by atoms with Crippen LogP contribution in [0, 0.1) is 0 Å². The predicted molar refractivity (Wildman–Crippen MR) is 80.8 cm³/mol. The first-order chi connectivity index (χ1) is 9.99. The van der Waals surface area contributed by atoms with E-state index in [9.17, 15) is 9.59 Å². The van der Waals surface area contributed by atoms with Crippen molar-refractivity contribution in [2.24, 2.45) is 0 Å². The third-order valence-electron chi connectivity index (χ3n) is 3.49. The van der Waals surface area contributed by atoms with Crippen LogP contribution in [0.1, 0.15) is 12.0 Å². The molecule has 0 bridgehead atoms. The molecule has 5 nitrogen and oxygen atoms in total. The van der Waals surface area contributed by atoms with Gasteiger partial charge in [0.25, 0.3) is 0 Å². The van der Waals surface area contributed by atoms with Crippen molar-refractivity contribution >= 4 is 35.1 Å². The number of carbonyl (C=O) groups excluding carboxylic acids is 1. The van der Waals surface area contributed by atoms with Gasteiger partial charge in [0, 0.05) is 22.6 Å². The monoisotopic (exact) mass is 330 g/mol. The first-order valence-electron chi connectivity index (χ1n) is 6.64. The molecule has 1 aromatic carbocycles. The number of carboxylic acid groups (broad SMARTS) is 1. The molecule has 2 rings (SSSR count). The smallest absolute Gasteiger partial charge is 0.323 e. The Kier molecular flexibility index (Phi) is 5.45. The Morgan fingerprint density at radius 2 is 2.00 bits per heavy atom. The second-order valence-corrected chi connectivity index (χ2v) is 5.75.